The molecule has 0 aromatic heterocycles. The van der Waals surface area contributed by atoms with E-state index in [1.165, 1.54) is 4.90 Å². The first-order valence-electron chi connectivity index (χ1n) is 9.94. The van der Waals surface area contributed by atoms with Crippen LogP contribution in [-0.4, -0.2) is 35.4 Å². The van der Waals surface area contributed by atoms with Gasteiger partial charge in [0.2, 0.25) is 5.91 Å². The zero-order valence-electron chi connectivity index (χ0n) is 17.7. The van der Waals surface area contributed by atoms with Crippen molar-refractivity contribution in [3.8, 4) is 5.75 Å². The molecular formula is C23H28Cl2N2O3. The third kappa shape index (κ3) is 6.92. The van der Waals surface area contributed by atoms with Crippen molar-refractivity contribution in [1.29, 1.82) is 0 Å². The zero-order valence-corrected chi connectivity index (χ0v) is 19.3. The summed E-state index contributed by atoms with van der Waals surface area (Å²) in [5, 5.41) is 3.73. The van der Waals surface area contributed by atoms with Gasteiger partial charge in [0.1, 0.15) is 11.8 Å². The number of aryl methyl sites for hydroxylation is 1. The number of benzene rings is 2. The van der Waals surface area contributed by atoms with E-state index in [2.05, 4.69) is 5.32 Å². The molecule has 1 atom stereocenters. The van der Waals surface area contributed by atoms with E-state index in [1.54, 1.807) is 18.2 Å². The summed E-state index contributed by atoms with van der Waals surface area (Å²) in [6.07, 6.45) is 0.468. The molecule has 0 aliphatic heterocycles. The van der Waals surface area contributed by atoms with E-state index in [9.17, 15) is 9.59 Å². The average Bonchev–Trinajstić information content (AvgIpc) is 2.69. The van der Waals surface area contributed by atoms with Gasteiger partial charge in [0.15, 0.2) is 6.61 Å². The van der Waals surface area contributed by atoms with Gasteiger partial charge in [-0.1, -0.05) is 53.9 Å². The first kappa shape index (κ1) is 24.0. The van der Waals surface area contributed by atoms with E-state index in [0.29, 0.717) is 22.2 Å². The standard InChI is InChI=1S/C23H28Cl2N2O3/c1-5-21(23(29)26-15(2)3)27(13-17-8-11-19(24)20(25)12-17)22(28)14-30-18-9-6-16(4)7-10-18/h6-12,15,21H,5,13-14H2,1-4H3,(H,26,29)/t21-/m0/s1. The maximum atomic E-state index is 13.1. The highest BCUT2D eigenvalue weighted by atomic mass is 35.5. The lowest BCUT2D eigenvalue weighted by molar-refractivity contribution is -0.143. The van der Waals surface area contributed by atoms with Crippen molar-refractivity contribution >= 4 is 35.0 Å². The van der Waals surface area contributed by atoms with Gasteiger partial charge in [0.05, 0.1) is 10.0 Å². The molecule has 0 aliphatic rings. The maximum Gasteiger partial charge on any atom is 0.261 e. The molecule has 2 amide bonds. The summed E-state index contributed by atoms with van der Waals surface area (Å²) in [4.78, 5) is 27.4. The van der Waals surface area contributed by atoms with Gasteiger partial charge in [-0.05, 0) is 57.0 Å². The second-order valence-electron chi connectivity index (χ2n) is 7.46. The Labute approximate surface area is 188 Å². The lowest BCUT2D eigenvalue weighted by Gasteiger charge is -2.31. The Morgan fingerprint density at radius 2 is 1.73 bits per heavy atom. The minimum Gasteiger partial charge on any atom is -0.484 e. The molecule has 5 nitrogen and oxygen atoms in total. The molecule has 30 heavy (non-hydrogen) atoms. The molecule has 0 unspecified atom stereocenters. The fraction of sp³-hybridized carbons (Fsp3) is 0.391. The Morgan fingerprint density at radius 3 is 2.30 bits per heavy atom. The van der Waals surface area contributed by atoms with Gasteiger partial charge < -0.3 is 15.0 Å². The van der Waals surface area contributed by atoms with Crippen molar-refractivity contribution in [1.82, 2.24) is 10.2 Å². The van der Waals surface area contributed by atoms with Crippen molar-refractivity contribution in [3.05, 3.63) is 63.6 Å². The quantitative estimate of drug-likeness (QED) is 0.583. The third-order valence-corrected chi connectivity index (χ3v) is 5.28. The molecule has 0 spiro atoms. The largest absolute Gasteiger partial charge is 0.484 e. The predicted octanol–water partition coefficient (Wildman–Crippen LogP) is 5.01. The van der Waals surface area contributed by atoms with Gasteiger partial charge in [-0.2, -0.15) is 0 Å². The SMILES string of the molecule is CC[C@@H](C(=O)NC(C)C)N(Cc1ccc(Cl)c(Cl)c1)C(=O)COc1ccc(C)cc1. The predicted molar refractivity (Wildman–Crippen MR) is 121 cm³/mol. The summed E-state index contributed by atoms with van der Waals surface area (Å²) >= 11 is 12.1. The summed E-state index contributed by atoms with van der Waals surface area (Å²) in [6.45, 7) is 7.67. The summed E-state index contributed by atoms with van der Waals surface area (Å²) < 4.78 is 5.67. The molecule has 0 aliphatic carbocycles. The van der Waals surface area contributed by atoms with Crippen molar-refractivity contribution in [2.75, 3.05) is 6.61 Å². The molecule has 2 aromatic rings. The van der Waals surface area contributed by atoms with E-state index in [-0.39, 0.29) is 31.0 Å². The summed E-state index contributed by atoms with van der Waals surface area (Å²) in [6, 6.07) is 12.0. The number of nitrogens with zero attached hydrogens (tertiary/aromatic N) is 1. The Morgan fingerprint density at radius 1 is 1.07 bits per heavy atom. The van der Waals surface area contributed by atoms with Gasteiger partial charge >= 0.3 is 0 Å². The van der Waals surface area contributed by atoms with E-state index in [1.807, 2.05) is 52.0 Å². The van der Waals surface area contributed by atoms with Crippen LogP contribution in [0.1, 0.15) is 38.3 Å². The van der Waals surface area contributed by atoms with E-state index in [4.69, 9.17) is 27.9 Å². The number of hydrogen-bond acceptors (Lipinski definition) is 3. The first-order valence-corrected chi connectivity index (χ1v) is 10.7. The molecule has 0 radical (unpaired) electrons. The van der Waals surface area contributed by atoms with Crippen LogP contribution in [0.15, 0.2) is 42.5 Å². The fourth-order valence-corrected chi connectivity index (χ4v) is 3.32. The number of rotatable bonds is 9. The van der Waals surface area contributed by atoms with E-state index in [0.717, 1.165) is 11.1 Å². The van der Waals surface area contributed by atoms with Gasteiger partial charge in [-0.15, -0.1) is 0 Å². The molecule has 2 rings (SSSR count). The normalized spacial score (nSPS) is 11.8. The van der Waals surface area contributed by atoms with Crippen LogP contribution in [0.3, 0.4) is 0 Å². The zero-order chi connectivity index (χ0) is 22.3. The van der Waals surface area contributed by atoms with Crippen molar-refractivity contribution in [3.63, 3.8) is 0 Å². The second kappa shape index (κ2) is 11.2. The molecule has 162 valence electrons. The number of halogens is 2. The van der Waals surface area contributed by atoms with Crippen molar-refractivity contribution in [2.24, 2.45) is 0 Å². The van der Waals surface area contributed by atoms with Crippen LogP contribution >= 0.6 is 23.2 Å². The van der Waals surface area contributed by atoms with Crippen LogP contribution in [0.25, 0.3) is 0 Å². The van der Waals surface area contributed by atoms with Gasteiger partial charge in [0.25, 0.3) is 5.91 Å². The van der Waals surface area contributed by atoms with Crippen molar-refractivity contribution in [2.45, 2.75) is 52.7 Å². The summed E-state index contributed by atoms with van der Waals surface area (Å²) in [5.74, 6) is 0.117. The summed E-state index contributed by atoms with van der Waals surface area (Å²) in [7, 11) is 0. The number of carbonyl (C=O) groups excluding carboxylic acids is 2. The summed E-state index contributed by atoms with van der Waals surface area (Å²) in [5.41, 5.74) is 1.88. The fourth-order valence-electron chi connectivity index (χ4n) is 3.00. The Bertz CT molecular complexity index is 869. The number of hydrogen-bond donors (Lipinski definition) is 1. The van der Waals surface area contributed by atoms with Gasteiger partial charge in [-0.3, -0.25) is 9.59 Å². The lowest BCUT2D eigenvalue weighted by Crippen LogP contribution is -2.51. The molecule has 2 aromatic carbocycles. The van der Waals surface area contributed by atoms with Crippen LogP contribution < -0.4 is 10.1 Å². The minimum absolute atomic E-state index is 0.0303. The molecule has 0 fully saturated rings. The van der Waals surface area contributed by atoms with Crippen molar-refractivity contribution < 1.29 is 14.3 Å². The minimum atomic E-state index is -0.629. The highest BCUT2D eigenvalue weighted by Gasteiger charge is 2.29. The monoisotopic (exact) mass is 450 g/mol. The first-order chi connectivity index (χ1) is 14.2. The molecule has 7 heteroatoms. The number of carbonyl (C=O) groups is 2. The number of ether oxygens (including phenoxy) is 1. The molecule has 0 saturated carbocycles. The third-order valence-electron chi connectivity index (χ3n) is 4.54. The van der Waals surface area contributed by atoms with E-state index < -0.39 is 6.04 Å². The smallest absolute Gasteiger partial charge is 0.261 e. The van der Waals surface area contributed by atoms with Gasteiger partial charge in [0, 0.05) is 12.6 Å². The topological polar surface area (TPSA) is 58.6 Å². The lowest BCUT2D eigenvalue weighted by atomic mass is 10.1. The highest BCUT2D eigenvalue weighted by molar-refractivity contribution is 6.42. The maximum absolute atomic E-state index is 13.1. The van der Waals surface area contributed by atoms with Crippen LogP contribution in [0.5, 0.6) is 5.75 Å². The van der Waals surface area contributed by atoms with E-state index >= 15 is 0 Å². The van der Waals surface area contributed by atoms with Crippen LogP contribution in [0.4, 0.5) is 0 Å². The number of nitrogens with one attached hydrogen (secondary N) is 1. The van der Waals surface area contributed by atoms with Crippen LogP contribution in [-0.2, 0) is 16.1 Å². The Balaban J connectivity index is 2.23. The average molecular weight is 451 g/mol. The Hall–Kier alpha value is -2.24. The highest BCUT2D eigenvalue weighted by Crippen LogP contribution is 2.24. The second-order valence-corrected chi connectivity index (χ2v) is 8.27. The molecule has 0 saturated heterocycles. The van der Waals surface area contributed by atoms with Crippen LogP contribution in [0, 0.1) is 6.92 Å². The van der Waals surface area contributed by atoms with Crippen LogP contribution in [0.2, 0.25) is 10.0 Å². The molecule has 1 N–H and O–H groups in total. The molecular weight excluding hydrogens is 423 g/mol. The Kier molecular flexibility index (Phi) is 9.00. The molecule has 0 heterocycles. The van der Waals surface area contributed by atoms with Gasteiger partial charge in [-0.25, -0.2) is 0 Å². The molecule has 0 bridgehead atoms. The number of amides is 2.